The van der Waals surface area contributed by atoms with Gasteiger partial charge < -0.3 is 4.90 Å². The quantitative estimate of drug-likeness (QED) is 0.457. The molecular formula is C16H35NS. The van der Waals surface area contributed by atoms with Gasteiger partial charge in [-0.3, -0.25) is 0 Å². The highest BCUT2D eigenvalue weighted by atomic mass is 32.2. The third-order valence-electron chi connectivity index (χ3n) is 3.80. The van der Waals surface area contributed by atoms with Crippen LogP contribution in [0.25, 0.3) is 0 Å². The first-order valence-electron chi connectivity index (χ1n) is 7.76. The second kappa shape index (κ2) is 11.2. The molecule has 2 heteroatoms. The summed E-state index contributed by atoms with van der Waals surface area (Å²) in [7, 11) is 4.32. The summed E-state index contributed by atoms with van der Waals surface area (Å²) in [5.74, 6) is 2.63. The van der Waals surface area contributed by atoms with Crippen molar-refractivity contribution in [2.45, 2.75) is 65.7 Å². The number of nitrogens with zero attached hydrogens (tertiary/aromatic N) is 1. The van der Waals surface area contributed by atoms with E-state index in [4.69, 9.17) is 0 Å². The number of hydrogen-bond donors (Lipinski definition) is 0. The summed E-state index contributed by atoms with van der Waals surface area (Å²) in [4.78, 5) is 2.28. The van der Waals surface area contributed by atoms with Gasteiger partial charge in [0.05, 0.1) is 0 Å². The fraction of sp³-hybridized carbons (Fsp3) is 1.00. The van der Waals surface area contributed by atoms with Crippen LogP contribution in [0.4, 0.5) is 0 Å². The Labute approximate surface area is 120 Å². The molecule has 0 aliphatic heterocycles. The summed E-state index contributed by atoms with van der Waals surface area (Å²) >= 11 is 2.13. The first kappa shape index (κ1) is 18.3. The van der Waals surface area contributed by atoms with Gasteiger partial charge in [0.25, 0.3) is 0 Å². The molecule has 0 saturated heterocycles. The predicted molar refractivity (Wildman–Crippen MR) is 87.7 cm³/mol. The third-order valence-corrected chi connectivity index (χ3v) is 4.76. The van der Waals surface area contributed by atoms with E-state index in [9.17, 15) is 0 Å². The molecule has 0 aliphatic carbocycles. The van der Waals surface area contributed by atoms with Crippen molar-refractivity contribution < 1.29 is 0 Å². The number of rotatable bonds is 12. The average Bonchev–Trinajstić information content (AvgIpc) is 2.33. The minimum Gasteiger partial charge on any atom is -0.309 e. The minimum atomic E-state index is 0.608. The minimum absolute atomic E-state index is 0.608. The molecule has 0 rings (SSSR count). The van der Waals surface area contributed by atoms with Gasteiger partial charge in [0, 0.05) is 12.3 Å². The summed E-state index contributed by atoms with van der Waals surface area (Å²) in [6, 6.07) is 0. The number of thioether (sulfide) groups is 1. The van der Waals surface area contributed by atoms with E-state index in [0.717, 1.165) is 0 Å². The second-order valence-electron chi connectivity index (χ2n) is 6.18. The van der Waals surface area contributed by atoms with Crippen molar-refractivity contribution in [3.8, 4) is 0 Å². The molecule has 0 atom stereocenters. The van der Waals surface area contributed by atoms with Crippen LogP contribution >= 0.6 is 11.8 Å². The molecule has 0 aromatic rings. The van der Waals surface area contributed by atoms with Gasteiger partial charge in [0.1, 0.15) is 0 Å². The molecule has 0 spiro atoms. The maximum Gasteiger partial charge on any atom is 0.00662 e. The largest absolute Gasteiger partial charge is 0.309 e. The van der Waals surface area contributed by atoms with Crippen molar-refractivity contribution in [1.82, 2.24) is 4.90 Å². The molecule has 18 heavy (non-hydrogen) atoms. The van der Waals surface area contributed by atoms with Gasteiger partial charge in [-0.2, -0.15) is 11.8 Å². The van der Waals surface area contributed by atoms with Crippen molar-refractivity contribution in [2.24, 2.45) is 5.41 Å². The molecular weight excluding hydrogens is 238 g/mol. The van der Waals surface area contributed by atoms with Gasteiger partial charge in [-0.1, -0.05) is 46.5 Å². The van der Waals surface area contributed by atoms with Crippen molar-refractivity contribution in [1.29, 1.82) is 0 Å². The fourth-order valence-corrected chi connectivity index (χ4v) is 3.59. The Morgan fingerprint density at radius 1 is 0.889 bits per heavy atom. The van der Waals surface area contributed by atoms with Gasteiger partial charge in [-0.15, -0.1) is 0 Å². The highest BCUT2D eigenvalue weighted by Crippen LogP contribution is 2.35. The summed E-state index contributed by atoms with van der Waals surface area (Å²) < 4.78 is 0. The van der Waals surface area contributed by atoms with E-state index in [1.165, 1.54) is 63.0 Å². The molecule has 0 aliphatic rings. The van der Waals surface area contributed by atoms with E-state index in [1.807, 2.05) is 0 Å². The van der Waals surface area contributed by atoms with Gasteiger partial charge in [-0.25, -0.2) is 0 Å². The Bertz CT molecular complexity index is 172. The first-order chi connectivity index (χ1) is 8.54. The van der Waals surface area contributed by atoms with Crippen LogP contribution in [0.2, 0.25) is 0 Å². The van der Waals surface area contributed by atoms with E-state index in [-0.39, 0.29) is 0 Å². The van der Waals surface area contributed by atoms with E-state index < -0.39 is 0 Å². The van der Waals surface area contributed by atoms with Crippen LogP contribution in [0.15, 0.2) is 0 Å². The van der Waals surface area contributed by atoms with Gasteiger partial charge in [0.2, 0.25) is 0 Å². The lowest BCUT2D eigenvalue weighted by atomic mass is 9.78. The van der Waals surface area contributed by atoms with E-state index in [2.05, 4.69) is 51.5 Å². The van der Waals surface area contributed by atoms with Crippen LogP contribution in [0.3, 0.4) is 0 Å². The molecule has 0 amide bonds. The smallest absolute Gasteiger partial charge is 0.00662 e. The van der Waals surface area contributed by atoms with E-state index in [1.54, 1.807) is 0 Å². The SMILES string of the molecule is CCCCC(C)(CCCC)CCSCCN(C)C. The highest BCUT2D eigenvalue weighted by molar-refractivity contribution is 7.99. The normalized spacial score (nSPS) is 12.3. The third kappa shape index (κ3) is 10.3. The van der Waals surface area contributed by atoms with Crippen molar-refractivity contribution in [3.05, 3.63) is 0 Å². The van der Waals surface area contributed by atoms with Crippen LogP contribution in [0.5, 0.6) is 0 Å². The van der Waals surface area contributed by atoms with E-state index in [0.29, 0.717) is 5.41 Å². The molecule has 0 radical (unpaired) electrons. The van der Waals surface area contributed by atoms with Crippen LogP contribution in [-0.4, -0.2) is 37.0 Å². The maximum absolute atomic E-state index is 2.52. The molecule has 0 saturated carbocycles. The van der Waals surface area contributed by atoms with Crippen molar-refractivity contribution in [2.75, 3.05) is 32.1 Å². The lowest BCUT2D eigenvalue weighted by Crippen LogP contribution is -2.19. The number of unbranched alkanes of at least 4 members (excludes halogenated alkanes) is 2. The second-order valence-corrected chi connectivity index (χ2v) is 7.41. The lowest BCUT2D eigenvalue weighted by molar-refractivity contribution is 0.248. The van der Waals surface area contributed by atoms with Crippen LogP contribution in [-0.2, 0) is 0 Å². The summed E-state index contributed by atoms with van der Waals surface area (Å²) in [5.41, 5.74) is 0.608. The van der Waals surface area contributed by atoms with Gasteiger partial charge >= 0.3 is 0 Å². The molecule has 0 unspecified atom stereocenters. The van der Waals surface area contributed by atoms with Crippen LogP contribution in [0.1, 0.15) is 65.7 Å². The Hall–Kier alpha value is 0.310. The number of hydrogen-bond acceptors (Lipinski definition) is 2. The fourth-order valence-electron chi connectivity index (χ4n) is 2.25. The topological polar surface area (TPSA) is 3.24 Å². The first-order valence-corrected chi connectivity index (χ1v) is 8.92. The molecule has 0 bridgehead atoms. The van der Waals surface area contributed by atoms with Gasteiger partial charge in [-0.05, 0) is 44.5 Å². The molecule has 110 valence electrons. The van der Waals surface area contributed by atoms with Gasteiger partial charge in [0.15, 0.2) is 0 Å². The zero-order valence-electron chi connectivity index (χ0n) is 13.4. The standard InChI is InChI=1S/C16H35NS/c1-6-8-10-16(3,11-9-7-2)12-14-18-15-13-17(4)5/h6-15H2,1-5H3. The lowest BCUT2D eigenvalue weighted by Gasteiger charge is -2.29. The summed E-state index contributed by atoms with van der Waals surface area (Å²) in [5, 5.41) is 0. The Balaban J connectivity index is 3.84. The van der Waals surface area contributed by atoms with Crippen molar-refractivity contribution in [3.63, 3.8) is 0 Å². The zero-order valence-corrected chi connectivity index (χ0v) is 14.2. The maximum atomic E-state index is 2.52. The van der Waals surface area contributed by atoms with Crippen molar-refractivity contribution >= 4 is 11.8 Å². The molecule has 0 aromatic carbocycles. The Kier molecular flexibility index (Phi) is 11.4. The molecule has 1 nitrogen and oxygen atoms in total. The molecule has 0 heterocycles. The van der Waals surface area contributed by atoms with Crippen LogP contribution in [0, 0.1) is 5.41 Å². The Morgan fingerprint density at radius 2 is 1.44 bits per heavy atom. The predicted octanol–water partition coefficient (Wildman–Crippen LogP) is 5.06. The Morgan fingerprint density at radius 3 is 1.89 bits per heavy atom. The highest BCUT2D eigenvalue weighted by Gasteiger charge is 2.22. The monoisotopic (exact) mass is 273 g/mol. The zero-order chi connectivity index (χ0) is 13.9. The molecule has 0 aromatic heterocycles. The summed E-state index contributed by atoms with van der Waals surface area (Å²) in [6.07, 6.45) is 9.76. The van der Waals surface area contributed by atoms with E-state index >= 15 is 0 Å². The molecule has 0 fully saturated rings. The summed E-state index contributed by atoms with van der Waals surface area (Å²) in [6.45, 7) is 8.36. The average molecular weight is 274 g/mol. The van der Waals surface area contributed by atoms with Crippen LogP contribution < -0.4 is 0 Å². The molecule has 0 N–H and O–H groups in total.